The van der Waals surface area contributed by atoms with Crippen LogP contribution >= 0.6 is 27.7 Å². The van der Waals surface area contributed by atoms with E-state index in [-0.39, 0.29) is 18.3 Å². The second kappa shape index (κ2) is 8.50. The van der Waals surface area contributed by atoms with Crippen molar-refractivity contribution >= 4 is 33.6 Å². The van der Waals surface area contributed by atoms with E-state index in [1.54, 1.807) is 12.1 Å². The zero-order valence-electron chi connectivity index (χ0n) is 9.79. The number of aliphatic hydroxyl groups is 1. The molecule has 1 amide bonds. The molecular weight excluding hydrogens is 321 g/mol. The lowest BCUT2D eigenvalue weighted by atomic mass is 10.2. The van der Waals surface area contributed by atoms with E-state index in [0.717, 1.165) is 0 Å². The molecule has 1 aromatic rings. The van der Waals surface area contributed by atoms with Crippen molar-refractivity contribution in [2.24, 2.45) is 0 Å². The van der Waals surface area contributed by atoms with Crippen LogP contribution in [0.15, 0.2) is 22.7 Å². The summed E-state index contributed by atoms with van der Waals surface area (Å²) >= 11 is 4.55. The van der Waals surface area contributed by atoms with Gasteiger partial charge < -0.3 is 10.4 Å². The van der Waals surface area contributed by atoms with E-state index in [9.17, 15) is 9.18 Å². The monoisotopic (exact) mass is 335 g/mol. The summed E-state index contributed by atoms with van der Waals surface area (Å²) in [4.78, 5) is 11.3. The van der Waals surface area contributed by atoms with E-state index in [0.29, 0.717) is 34.5 Å². The standard InChI is InChI=1S/C12H15BrFNO2S/c13-10-3-2-9(11(14)6-10)7-18-8-12(17)15-4-1-5-16/h2-3,6,16H,1,4-5,7-8H2,(H,15,17). The Morgan fingerprint density at radius 2 is 2.28 bits per heavy atom. The molecule has 0 unspecified atom stereocenters. The van der Waals surface area contributed by atoms with Crippen molar-refractivity contribution < 1.29 is 14.3 Å². The van der Waals surface area contributed by atoms with Gasteiger partial charge in [0.05, 0.1) is 5.75 Å². The second-order valence-electron chi connectivity index (χ2n) is 3.66. The number of hydrogen-bond donors (Lipinski definition) is 2. The van der Waals surface area contributed by atoms with Crippen LogP contribution in [-0.4, -0.2) is 29.9 Å². The van der Waals surface area contributed by atoms with Crippen LogP contribution in [0.1, 0.15) is 12.0 Å². The van der Waals surface area contributed by atoms with Gasteiger partial charge in [-0.2, -0.15) is 0 Å². The number of benzene rings is 1. The fraction of sp³-hybridized carbons (Fsp3) is 0.417. The molecule has 0 saturated heterocycles. The van der Waals surface area contributed by atoms with Crippen molar-refractivity contribution in [3.63, 3.8) is 0 Å². The van der Waals surface area contributed by atoms with Crippen molar-refractivity contribution in [2.75, 3.05) is 18.9 Å². The van der Waals surface area contributed by atoms with Gasteiger partial charge in [0.2, 0.25) is 5.91 Å². The van der Waals surface area contributed by atoms with Crippen LogP contribution in [0, 0.1) is 5.82 Å². The predicted molar refractivity (Wildman–Crippen MR) is 75.0 cm³/mol. The van der Waals surface area contributed by atoms with Gasteiger partial charge in [-0.15, -0.1) is 11.8 Å². The first kappa shape index (κ1) is 15.5. The first-order valence-electron chi connectivity index (χ1n) is 5.52. The summed E-state index contributed by atoms with van der Waals surface area (Å²) in [5.74, 6) is 0.400. The lowest BCUT2D eigenvalue weighted by Crippen LogP contribution is -2.26. The summed E-state index contributed by atoms with van der Waals surface area (Å²) < 4.78 is 14.2. The molecule has 0 aromatic heterocycles. The lowest BCUT2D eigenvalue weighted by Gasteiger charge is -2.05. The van der Waals surface area contributed by atoms with E-state index in [1.807, 2.05) is 0 Å². The largest absolute Gasteiger partial charge is 0.396 e. The lowest BCUT2D eigenvalue weighted by molar-refractivity contribution is -0.118. The van der Waals surface area contributed by atoms with Crippen LogP contribution in [0.2, 0.25) is 0 Å². The van der Waals surface area contributed by atoms with Crippen molar-refractivity contribution in [3.8, 4) is 0 Å². The normalized spacial score (nSPS) is 10.4. The maximum atomic E-state index is 13.5. The van der Waals surface area contributed by atoms with Gasteiger partial charge in [0, 0.05) is 23.4 Å². The maximum absolute atomic E-state index is 13.5. The minimum atomic E-state index is -0.266. The topological polar surface area (TPSA) is 49.3 Å². The Kier molecular flexibility index (Phi) is 7.31. The summed E-state index contributed by atoms with van der Waals surface area (Å²) in [6.07, 6.45) is 0.553. The Balaban J connectivity index is 2.26. The van der Waals surface area contributed by atoms with Gasteiger partial charge in [0.25, 0.3) is 0 Å². The summed E-state index contributed by atoms with van der Waals surface area (Å²) in [6, 6.07) is 4.90. The van der Waals surface area contributed by atoms with Gasteiger partial charge in [-0.05, 0) is 24.1 Å². The number of rotatable bonds is 7. The molecule has 0 bridgehead atoms. The number of amides is 1. The van der Waals surface area contributed by atoms with E-state index < -0.39 is 0 Å². The quantitative estimate of drug-likeness (QED) is 0.752. The van der Waals surface area contributed by atoms with E-state index in [4.69, 9.17) is 5.11 Å². The number of carbonyl (C=O) groups excluding carboxylic acids is 1. The molecule has 0 atom stereocenters. The van der Waals surface area contributed by atoms with Gasteiger partial charge in [-0.25, -0.2) is 4.39 Å². The van der Waals surface area contributed by atoms with E-state index >= 15 is 0 Å². The van der Waals surface area contributed by atoms with Crippen LogP contribution in [0.3, 0.4) is 0 Å². The number of thioether (sulfide) groups is 1. The van der Waals surface area contributed by atoms with Crippen molar-refractivity contribution in [1.82, 2.24) is 5.32 Å². The van der Waals surface area contributed by atoms with Crippen LogP contribution in [-0.2, 0) is 10.5 Å². The smallest absolute Gasteiger partial charge is 0.230 e. The summed E-state index contributed by atoms with van der Waals surface area (Å²) in [7, 11) is 0. The van der Waals surface area contributed by atoms with Crippen molar-refractivity contribution in [3.05, 3.63) is 34.1 Å². The molecule has 3 nitrogen and oxygen atoms in total. The Bertz CT molecular complexity index is 404. The highest BCUT2D eigenvalue weighted by atomic mass is 79.9. The molecule has 1 rings (SSSR count). The molecule has 0 fully saturated rings. The molecule has 6 heteroatoms. The molecule has 0 saturated carbocycles. The van der Waals surface area contributed by atoms with Crippen LogP contribution in [0.25, 0.3) is 0 Å². The highest BCUT2D eigenvalue weighted by Gasteiger charge is 2.05. The second-order valence-corrected chi connectivity index (χ2v) is 5.56. The molecule has 0 aliphatic carbocycles. The number of aliphatic hydroxyl groups excluding tert-OH is 1. The van der Waals surface area contributed by atoms with E-state index in [1.165, 1.54) is 17.8 Å². The fourth-order valence-corrected chi connectivity index (χ4v) is 2.43. The average Bonchev–Trinajstić information content (AvgIpc) is 2.32. The van der Waals surface area contributed by atoms with Crippen molar-refractivity contribution in [2.45, 2.75) is 12.2 Å². The summed E-state index contributed by atoms with van der Waals surface area (Å²) in [5, 5.41) is 11.2. The Hall–Kier alpha value is -0.590. The number of halogens is 2. The van der Waals surface area contributed by atoms with Gasteiger partial charge in [0.15, 0.2) is 0 Å². The molecule has 0 spiro atoms. The molecule has 100 valence electrons. The summed E-state index contributed by atoms with van der Waals surface area (Å²) in [5.41, 5.74) is 0.589. The third kappa shape index (κ3) is 5.84. The number of nitrogens with one attached hydrogen (secondary N) is 1. The van der Waals surface area contributed by atoms with Crippen LogP contribution in [0.4, 0.5) is 4.39 Å². The van der Waals surface area contributed by atoms with Crippen LogP contribution < -0.4 is 5.32 Å². The molecule has 0 aliphatic rings. The third-order valence-electron chi connectivity index (χ3n) is 2.16. The zero-order valence-corrected chi connectivity index (χ0v) is 12.2. The zero-order chi connectivity index (χ0) is 13.4. The molecule has 0 aliphatic heterocycles. The molecule has 0 radical (unpaired) electrons. The third-order valence-corrected chi connectivity index (χ3v) is 3.64. The maximum Gasteiger partial charge on any atom is 0.230 e. The summed E-state index contributed by atoms with van der Waals surface area (Å²) in [6.45, 7) is 0.542. The van der Waals surface area contributed by atoms with Crippen LogP contribution in [0.5, 0.6) is 0 Å². The average molecular weight is 336 g/mol. The minimum absolute atomic E-state index is 0.0670. The molecule has 1 aromatic carbocycles. The Labute approximate surface area is 118 Å². The highest BCUT2D eigenvalue weighted by molar-refractivity contribution is 9.10. The fourth-order valence-electron chi connectivity index (χ4n) is 1.25. The molecule has 0 heterocycles. The van der Waals surface area contributed by atoms with Gasteiger partial charge in [-0.3, -0.25) is 4.79 Å². The number of carbonyl (C=O) groups is 1. The minimum Gasteiger partial charge on any atom is -0.396 e. The van der Waals surface area contributed by atoms with Gasteiger partial charge in [-0.1, -0.05) is 22.0 Å². The first-order valence-corrected chi connectivity index (χ1v) is 7.47. The molecule has 2 N–H and O–H groups in total. The SMILES string of the molecule is O=C(CSCc1ccc(Br)cc1F)NCCCO. The number of hydrogen-bond acceptors (Lipinski definition) is 3. The Morgan fingerprint density at radius 3 is 2.94 bits per heavy atom. The molecular formula is C12H15BrFNO2S. The Morgan fingerprint density at radius 1 is 1.50 bits per heavy atom. The first-order chi connectivity index (χ1) is 8.63. The molecule has 18 heavy (non-hydrogen) atoms. The van der Waals surface area contributed by atoms with Gasteiger partial charge >= 0.3 is 0 Å². The highest BCUT2D eigenvalue weighted by Crippen LogP contribution is 2.19. The van der Waals surface area contributed by atoms with Crippen molar-refractivity contribution in [1.29, 1.82) is 0 Å². The van der Waals surface area contributed by atoms with Gasteiger partial charge in [0.1, 0.15) is 5.82 Å². The predicted octanol–water partition coefficient (Wildman–Crippen LogP) is 2.32. The van der Waals surface area contributed by atoms with E-state index in [2.05, 4.69) is 21.2 Å².